The SMILES string of the molecule is Cc1ccc(S(=O)(=O)N2CCCSC(C)(C)[C@@H]2C(=O)NO)cc1. The number of nitrogens with one attached hydrogen (secondary N) is 1. The predicted molar refractivity (Wildman–Crippen MR) is 89.9 cm³/mol. The Labute approximate surface area is 141 Å². The van der Waals surface area contributed by atoms with Gasteiger partial charge in [0.1, 0.15) is 6.04 Å². The summed E-state index contributed by atoms with van der Waals surface area (Å²) in [6.45, 7) is 5.76. The van der Waals surface area contributed by atoms with E-state index >= 15 is 0 Å². The summed E-state index contributed by atoms with van der Waals surface area (Å²) < 4.78 is 26.6. The maximum atomic E-state index is 13.0. The van der Waals surface area contributed by atoms with Gasteiger partial charge in [-0.2, -0.15) is 16.1 Å². The fourth-order valence-electron chi connectivity index (χ4n) is 2.72. The van der Waals surface area contributed by atoms with Crippen LogP contribution in [0.5, 0.6) is 0 Å². The van der Waals surface area contributed by atoms with E-state index in [0.717, 1.165) is 11.3 Å². The van der Waals surface area contributed by atoms with Crippen molar-refractivity contribution in [3.8, 4) is 0 Å². The first-order valence-corrected chi connectivity index (χ1v) is 9.79. The molecule has 23 heavy (non-hydrogen) atoms. The van der Waals surface area contributed by atoms with Crippen molar-refractivity contribution in [2.45, 2.75) is 42.9 Å². The Balaban J connectivity index is 2.51. The van der Waals surface area contributed by atoms with Crippen molar-refractivity contribution in [1.29, 1.82) is 0 Å². The summed E-state index contributed by atoms with van der Waals surface area (Å²) in [7, 11) is -3.83. The van der Waals surface area contributed by atoms with Crippen molar-refractivity contribution in [3.05, 3.63) is 29.8 Å². The summed E-state index contributed by atoms with van der Waals surface area (Å²) in [5.41, 5.74) is 2.58. The minimum absolute atomic E-state index is 0.154. The second kappa shape index (κ2) is 6.80. The van der Waals surface area contributed by atoms with Gasteiger partial charge in [0.05, 0.1) is 4.90 Å². The molecule has 6 nitrogen and oxygen atoms in total. The molecule has 0 bridgehead atoms. The number of thioether (sulfide) groups is 1. The van der Waals surface area contributed by atoms with Crippen LogP contribution in [0, 0.1) is 6.92 Å². The number of benzene rings is 1. The third-order valence-electron chi connectivity index (χ3n) is 3.93. The van der Waals surface area contributed by atoms with E-state index in [4.69, 9.17) is 5.21 Å². The number of amides is 1. The second-order valence-corrected chi connectivity index (χ2v) is 9.75. The Hall–Kier alpha value is -1.09. The van der Waals surface area contributed by atoms with Crippen LogP contribution >= 0.6 is 11.8 Å². The van der Waals surface area contributed by atoms with E-state index in [0.29, 0.717) is 6.42 Å². The molecule has 1 fully saturated rings. The average molecular weight is 358 g/mol. The zero-order valence-corrected chi connectivity index (χ0v) is 15.1. The van der Waals surface area contributed by atoms with Gasteiger partial charge < -0.3 is 0 Å². The quantitative estimate of drug-likeness (QED) is 0.635. The third-order valence-corrected chi connectivity index (χ3v) is 7.27. The lowest BCUT2D eigenvalue weighted by Crippen LogP contribution is -2.57. The highest BCUT2D eigenvalue weighted by atomic mass is 32.2. The van der Waals surface area contributed by atoms with E-state index in [2.05, 4.69) is 0 Å². The molecule has 1 saturated heterocycles. The van der Waals surface area contributed by atoms with Crippen molar-refractivity contribution in [2.24, 2.45) is 0 Å². The topological polar surface area (TPSA) is 86.7 Å². The van der Waals surface area contributed by atoms with Crippen LogP contribution in [0.3, 0.4) is 0 Å². The van der Waals surface area contributed by atoms with Gasteiger partial charge in [0.25, 0.3) is 5.91 Å². The number of carbonyl (C=O) groups excluding carboxylic acids is 1. The van der Waals surface area contributed by atoms with Crippen LogP contribution in [-0.2, 0) is 14.8 Å². The van der Waals surface area contributed by atoms with Gasteiger partial charge >= 0.3 is 0 Å². The van der Waals surface area contributed by atoms with Gasteiger partial charge in [-0.05, 0) is 45.1 Å². The lowest BCUT2D eigenvalue weighted by molar-refractivity contribution is -0.133. The number of carbonyl (C=O) groups is 1. The summed E-state index contributed by atoms with van der Waals surface area (Å²) in [6, 6.07) is 5.57. The summed E-state index contributed by atoms with van der Waals surface area (Å²) in [6.07, 6.45) is 0.647. The summed E-state index contributed by atoms with van der Waals surface area (Å²) in [5.74, 6) is 0.0439. The van der Waals surface area contributed by atoms with Crippen LogP contribution < -0.4 is 5.48 Å². The summed E-state index contributed by atoms with van der Waals surface area (Å²) >= 11 is 1.53. The van der Waals surface area contributed by atoms with Gasteiger partial charge in [-0.3, -0.25) is 10.0 Å². The number of hydrogen-bond donors (Lipinski definition) is 2. The molecular formula is C15H22N2O4S2. The molecule has 1 amide bonds. The number of aryl methyl sites for hydroxylation is 1. The van der Waals surface area contributed by atoms with Gasteiger partial charge in [-0.25, -0.2) is 13.9 Å². The zero-order chi connectivity index (χ0) is 17.3. The number of nitrogens with zero attached hydrogens (tertiary/aromatic N) is 1. The minimum atomic E-state index is -3.83. The normalized spacial score (nSPS) is 22.3. The predicted octanol–water partition coefficient (Wildman–Crippen LogP) is 1.78. The van der Waals surface area contributed by atoms with Gasteiger partial charge in [0, 0.05) is 11.3 Å². The van der Waals surface area contributed by atoms with E-state index in [1.165, 1.54) is 16.1 Å². The van der Waals surface area contributed by atoms with Crippen LogP contribution in [0.25, 0.3) is 0 Å². The van der Waals surface area contributed by atoms with Crippen LogP contribution in [0.1, 0.15) is 25.8 Å². The number of hydroxylamine groups is 1. The maximum absolute atomic E-state index is 13.0. The van der Waals surface area contributed by atoms with E-state index in [9.17, 15) is 13.2 Å². The molecule has 1 atom stereocenters. The van der Waals surface area contributed by atoms with E-state index in [-0.39, 0.29) is 11.4 Å². The lowest BCUT2D eigenvalue weighted by Gasteiger charge is -2.36. The Morgan fingerprint density at radius 1 is 1.35 bits per heavy atom. The largest absolute Gasteiger partial charge is 0.289 e. The summed E-state index contributed by atoms with van der Waals surface area (Å²) in [5, 5.41) is 9.07. The monoisotopic (exact) mass is 358 g/mol. The molecule has 2 N–H and O–H groups in total. The molecule has 128 valence electrons. The van der Waals surface area contributed by atoms with Crippen molar-refractivity contribution >= 4 is 27.7 Å². The first-order valence-electron chi connectivity index (χ1n) is 7.36. The number of hydrogen-bond acceptors (Lipinski definition) is 5. The molecule has 1 aromatic rings. The highest BCUT2D eigenvalue weighted by molar-refractivity contribution is 8.00. The lowest BCUT2D eigenvalue weighted by atomic mass is 10.0. The molecule has 0 saturated carbocycles. The molecular weight excluding hydrogens is 336 g/mol. The fraction of sp³-hybridized carbons (Fsp3) is 0.533. The van der Waals surface area contributed by atoms with E-state index in [1.807, 2.05) is 20.8 Å². The van der Waals surface area contributed by atoms with Crippen molar-refractivity contribution < 1.29 is 18.4 Å². The van der Waals surface area contributed by atoms with Crippen LogP contribution in [0.4, 0.5) is 0 Å². The number of rotatable bonds is 3. The molecule has 1 heterocycles. The second-order valence-electron chi connectivity index (χ2n) is 6.11. The van der Waals surface area contributed by atoms with Crippen molar-refractivity contribution in [2.75, 3.05) is 12.3 Å². The van der Waals surface area contributed by atoms with Crippen LogP contribution in [0.15, 0.2) is 29.2 Å². The van der Waals surface area contributed by atoms with Gasteiger partial charge in [-0.1, -0.05) is 17.7 Å². The molecule has 1 aliphatic rings. The highest BCUT2D eigenvalue weighted by Crippen LogP contribution is 2.37. The smallest absolute Gasteiger partial charge is 0.263 e. The van der Waals surface area contributed by atoms with Gasteiger partial charge in [0.2, 0.25) is 10.0 Å². The Morgan fingerprint density at radius 2 is 1.96 bits per heavy atom. The molecule has 1 aliphatic heterocycles. The molecule has 2 rings (SSSR count). The number of sulfonamides is 1. The van der Waals surface area contributed by atoms with Gasteiger partial charge in [0.15, 0.2) is 0 Å². The summed E-state index contributed by atoms with van der Waals surface area (Å²) in [4.78, 5) is 12.4. The first-order chi connectivity index (χ1) is 10.7. The maximum Gasteiger partial charge on any atom is 0.263 e. The van der Waals surface area contributed by atoms with Crippen LogP contribution in [0.2, 0.25) is 0 Å². The molecule has 0 unspecified atom stereocenters. The standard InChI is InChI=1S/C15H22N2O4S2/c1-11-5-7-12(8-6-11)23(20,21)17-9-4-10-22-15(2,3)13(17)14(18)16-19/h5-8,13,19H,4,9-10H2,1-3H3,(H,16,18)/t13-/m0/s1. The average Bonchev–Trinajstić information content (AvgIpc) is 2.65. The van der Waals surface area contributed by atoms with E-state index < -0.39 is 26.7 Å². The Bertz CT molecular complexity index is 671. The molecule has 0 aliphatic carbocycles. The third kappa shape index (κ3) is 3.71. The Morgan fingerprint density at radius 3 is 2.52 bits per heavy atom. The Kier molecular flexibility index (Phi) is 5.40. The van der Waals surface area contributed by atoms with E-state index in [1.54, 1.807) is 29.7 Å². The fourth-order valence-corrected chi connectivity index (χ4v) is 5.74. The van der Waals surface area contributed by atoms with Crippen molar-refractivity contribution in [1.82, 2.24) is 9.79 Å². The minimum Gasteiger partial charge on any atom is -0.289 e. The first kappa shape index (κ1) is 18.3. The zero-order valence-electron chi connectivity index (χ0n) is 13.4. The van der Waals surface area contributed by atoms with Gasteiger partial charge in [-0.15, -0.1) is 0 Å². The highest BCUT2D eigenvalue weighted by Gasteiger charge is 2.46. The molecule has 1 aromatic carbocycles. The van der Waals surface area contributed by atoms with Crippen molar-refractivity contribution in [3.63, 3.8) is 0 Å². The molecule has 0 aromatic heterocycles. The molecule has 0 spiro atoms. The molecule has 0 radical (unpaired) electrons. The molecule has 8 heteroatoms. The van der Waals surface area contributed by atoms with Crippen LogP contribution in [-0.4, -0.2) is 46.9 Å².